The SMILES string of the molecule is CNCc1cc(OCCNC(=O)OC(C)(C)C)cc(-c2ccccc2Cl)c1. The molecule has 0 aliphatic rings. The molecule has 0 aliphatic heterocycles. The molecular formula is C21H27ClN2O3. The summed E-state index contributed by atoms with van der Waals surface area (Å²) in [6.07, 6.45) is -0.452. The highest BCUT2D eigenvalue weighted by atomic mass is 35.5. The van der Waals surface area contributed by atoms with E-state index in [0.29, 0.717) is 24.7 Å². The molecular weight excluding hydrogens is 364 g/mol. The lowest BCUT2D eigenvalue weighted by Crippen LogP contribution is -2.34. The minimum absolute atomic E-state index is 0.338. The van der Waals surface area contributed by atoms with Crippen molar-refractivity contribution in [3.63, 3.8) is 0 Å². The van der Waals surface area contributed by atoms with E-state index in [1.165, 1.54) is 0 Å². The van der Waals surface area contributed by atoms with E-state index in [1.807, 2.05) is 64.2 Å². The molecule has 0 aliphatic carbocycles. The van der Waals surface area contributed by atoms with E-state index in [1.54, 1.807) is 0 Å². The van der Waals surface area contributed by atoms with Crippen molar-refractivity contribution in [1.82, 2.24) is 10.6 Å². The molecule has 0 radical (unpaired) electrons. The summed E-state index contributed by atoms with van der Waals surface area (Å²) in [5.74, 6) is 0.726. The van der Waals surface area contributed by atoms with Gasteiger partial charge in [-0.05, 0) is 63.2 Å². The number of carbonyl (C=O) groups excluding carboxylic acids is 1. The van der Waals surface area contributed by atoms with Gasteiger partial charge in [0.25, 0.3) is 0 Å². The van der Waals surface area contributed by atoms with Crippen LogP contribution in [0, 0.1) is 0 Å². The minimum atomic E-state index is -0.518. The molecule has 0 saturated carbocycles. The lowest BCUT2D eigenvalue weighted by Gasteiger charge is -2.19. The van der Waals surface area contributed by atoms with Crippen LogP contribution in [0.5, 0.6) is 5.75 Å². The van der Waals surface area contributed by atoms with Crippen LogP contribution in [0.1, 0.15) is 26.3 Å². The van der Waals surface area contributed by atoms with Gasteiger partial charge in [0.2, 0.25) is 0 Å². The van der Waals surface area contributed by atoms with Crippen molar-refractivity contribution in [2.24, 2.45) is 0 Å². The fourth-order valence-corrected chi connectivity index (χ4v) is 2.78. The Bertz CT molecular complexity index is 772. The molecule has 0 unspecified atom stereocenters. The monoisotopic (exact) mass is 390 g/mol. The van der Waals surface area contributed by atoms with E-state index in [2.05, 4.69) is 16.7 Å². The van der Waals surface area contributed by atoms with E-state index < -0.39 is 11.7 Å². The zero-order valence-electron chi connectivity index (χ0n) is 16.3. The molecule has 0 aromatic heterocycles. The van der Waals surface area contributed by atoms with Crippen LogP contribution in [0.25, 0.3) is 11.1 Å². The second kappa shape index (κ2) is 9.62. The second-order valence-corrected chi connectivity index (χ2v) is 7.56. The van der Waals surface area contributed by atoms with E-state index in [0.717, 1.165) is 22.4 Å². The summed E-state index contributed by atoms with van der Waals surface area (Å²) in [5.41, 5.74) is 2.51. The largest absolute Gasteiger partial charge is 0.492 e. The Kier molecular flexibility index (Phi) is 7.51. The Labute approximate surface area is 166 Å². The van der Waals surface area contributed by atoms with Crippen molar-refractivity contribution in [2.45, 2.75) is 32.9 Å². The lowest BCUT2D eigenvalue weighted by molar-refractivity contribution is 0.0520. The fraction of sp³-hybridized carbons (Fsp3) is 0.381. The first-order valence-electron chi connectivity index (χ1n) is 8.91. The van der Waals surface area contributed by atoms with Crippen molar-refractivity contribution in [2.75, 3.05) is 20.2 Å². The van der Waals surface area contributed by atoms with Gasteiger partial charge in [0, 0.05) is 17.1 Å². The van der Waals surface area contributed by atoms with E-state index >= 15 is 0 Å². The number of rotatable bonds is 7. The number of amides is 1. The second-order valence-electron chi connectivity index (χ2n) is 7.15. The summed E-state index contributed by atoms with van der Waals surface area (Å²) < 4.78 is 11.0. The van der Waals surface area contributed by atoms with Crippen LogP contribution in [-0.2, 0) is 11.3 Å². The zero-order valence-corrected chi connectivity index (χ0v) is 17.0. The quantitative estimate of drug-likeness (QED) is 0.676. The molecule has 0 saturated heterocycles. The van der Waals surface area contributed by atoms with Gasteiger partial charge in [0.15, 0.2) is 0 Å². The lowest BCUT2D eigenvalue weighted by atomic mass is 10.0. The normalized spacial score (nSPS) is 11.1. The topological polar surface area (TPSA) is 59.6 Å². The Morgan fingerprint density at radius 1 is 1.15 bits per heavy atom. The Morgan fingerprint density at radius 3 is 2.56 bits per heavy atom. The smallest absolute Gasteiger partial charge is 0.407 e. The van der Waals surface area contributed by atoms with Gasteiger partial charge in [0.05, 0.1) is 6.54 Å². The first kappa shape index (κ1) is 21.1. The number of hydrogen-bond acceptors (Lipinski definition) is 4. The van der Waals surface area contributed by atoms with E-state index in [4.69, 9.17) is 21.1 Å². The van der Waals surface area contributed by atoms with Gasteiger partial charge in [-0.15, -0.1) is 0 Å². The molecule has 2 aromatic rings. The summed E-state index contributed by atoms with van der Waals surface area (Å²) in [6, 6.07) is 13.7. The molecule has 1 amide bonds. The third kappa shape index (κ3) is 7.12. The van der Waals surface area contributed by atoms with Crippen molar-refractivity contribution in [3.8, 4) is 16.9 Å². The van der Waals surface area contributed by atoms with Gasteiger partial charge in [-0.2, -0.15) is 0 Å². The van der Waals surface area contributed by atoms with Gasteiger partial charge in [0.1, 0.15) is 18.0 Å². The van der Waals surface area contributed by atoms with Gasteiger partial charge in [-0.1, -0.05) is 29.8 Å². The highest BCUT2D eigenvalue weighted by Crippen LogP contribution is 2.31. The van der Waals surface area contributed by atoms with Crippen LogP contribution in [0.3, 0.4) is 0 Å². The minimum Gasteiger partial charge on any atom is -0.492 e. The standard InChI is InChI=1S/C21H27ClN2O3/c1-21(2,3)27-20(25)24-9-10-26-17-12-15(14-23-4)11-16(13-17)18-7-5-6-8-19(18)22/h5-8,11-13,23H,9-10,14H2,1-4H3,(H,24,25). The van der Waals surface area contributed by atoms with Crippen LogP contribution < -0.4 is 15.4 Å². The summed E-state index contributed by atoms with van der Waals surface area (Å²) in [6.45, 7) is 6.88. The average Bonchev–Trinajstić information content (AvgIpc) is 2.58. The molecule has 2 N–H and O–H groups in total. The van der Waals surface area contributed by atoms with Crippen molar-refractivity contribution < 1.29 is 14.3 Å². The van der Waals surface area contributed by atoms with Crippen molar-refractivity contribution in [1.29, 1.82) is 0 Å². The summed E-state index contributed by atoms with van der Waals surface area (Å²) >= 11 is 6.34. The molecule has 2 aromatic carbocycles. The van der Waals surface area contributed by atoms with Crippen LogP contribution >= 0.6 is 11.6 Å². The van der Waals surface area contributed by atoms with Crippen molar-refractivity contribution in [3.05, 3.63) is 53.1 Å². The predicted octanol–water partition coefficient (Wildman–Crippen LogP) is 4.63. The van der Waals surface area contributed by atoms with E-state index in [9.17, 15) is 4.79 Å². The predicted molar refractivity (Wildman–Crippen MR) is 109 cm³/mol. The number of carbonyl (C=O) groups is 1. The summed E-state index contributed by atoms with van der Waals surface area (Å²) in [5, 5.41) is 6.52. The molecule has 0 heterocycles. The van der Waals surface area contributed by atoms with Gasteiger partial charge in [-0.3, -0.25) is 0 Å². The molecule has 0 fully saturated rings. The number of ether oxygens (including phenoxy) is 2. The maximum atomic E-state index is 11.7. The van der Waals surface area contributed by atoms with Crippen molar-refractivity contribution >= 4 is 17.7 Å². The number of halogens is 1. The Hall–Kier alpha value is -2.24. The molecule has 6 heteroatoms. The average molecular weight is 391 g/mol. The molecule has 0 bridgehead atoms. The zero-order chi connectivity index (χ0) is 19.9. The fourth-order valence-electron chi connectivity index (χ4n) is 2.54. The van der Waals surface area contributed by atoms with Gasteiger partial charge >= 0.3 is 6.09 Å². The molecule has 5 nitrogen and oxygen atoms in total. The highest BCUT2D eigenvalue weighted by molar-refractivity contribution is 6.33. The number of alkyl carbamates (subject to hydrolysis) is 1. The van der Waals surface area contributed by atoms with Crippen LogP contribution in [0.4, 0.5) is 4.79 Å². The molecule has 0 atom stereocenters. The number of nitrogens with one attached hydrogen (secondary N) is 2. The first-order valence-corrected chi connectivity index (χ1v) is 9.29. The number of hydrogen-bond donors (Lipinski definition) is 2. The highest BCUT2D eigenvalue weighted by Gasteiger charge is 2.15. The summed E-state index contributed by atoms with van der Waals surface area (Å²) in [7, 11) is 1.90. The third-order valence-corrected chi connectivity index (χ3v) is 3.90. The summed E-state index contributed by atoms with van der Waals surface area (Å²) in [4.78, 5) is 11.7. The molecule has 27 heavy (non-hydrogen) atoms. The maximum Gasteiger partial charge on any atom is 0.407 e. The maximum absolute atomic E-state index is 11.7. The van der Waals surface area contributed by atoms with Crippen LogP contribution in [0.2, 0.25) is 5.02 Å². The van der Waals surface area contributed by atoms with Crippen LogP contribution in [-0.4, -0.2) is 31.9 Å². The Morgan fingerprint density at radius 2 is 1.89 bits per heavy atom. The van der Waals surface area contributed by atoms with Crippen LogP contribution in [0.15, 0.2) is 42.5 Å². The Balaban J connectivity index is 2.04. The third-order valence-electron chi connectivity index (χ3n) is 3.57. The molecule has 146 valence electrons. The molecule has 2 rings (SSSR count). The number of benzene rings is 2. The first-order chi connectivity index (χ1) is 12.8. The van der Waals surface area contributed by atoms with E-state index in [-0.39, 0.29) is 0 Å². The molecule has 0 spiro atoms. The van der Waals surface area contributed by atoms with Gasteiger partial charge in [-0.25, -0.2) is 4.79 Å². The van der Waals surface area contributed by atoms with Gasteiger partial charge < -0.3 is 20.1 Å².